The van der Waals surface area contributed by atoms with Gasteiger partial charge in [0.05, 0.1) is 5.56 Å². The first-order valence-corrected chi connectivity index (χ1v) is 8.78. The smallest absolute Gasteiger partial charge is 0.336 e. The Morgan fingerprint density at radius 2 is 1.92 bits per heavy atom. The predicted molar refractivity (Wildman–Crippen MR) is 102 cm³/mol. The molecule has 2 N–H and O–H groups in total. The van der Waals surface area contributed by atoms with Gasteiger partial charge in [-0.3, -0.25) is 4.79 Å². The fraction of sp³-hybridized carbons (Fsp3) is 0.238. The Kier molecular flexibility index (Phi) is 5.37. The molecule has 0 aliphatic rings. The number of unbranched alkanes of at least 4 members (excludes halogenated alkanes) is 1. The van der Waals surface area contributed by atoms with E-state index < -0.39 is 5.97 Å². The van der Waals surface area contributed by atoms with Gasteiger partial charge in [-0.2, -0.15) is 0 Å². The summed E-state index contributed by atoms with van der Waals surface area (Å²) in [6.07, 6.45) is 3.93. The van der Waals surface area contributed by atoms with Crippen LogP contribution in [0.4, 0.5) is 0 Å². The minimum atomic E-state index is -0.928. The number of amides is 1. The van der Waals surface area contributed by atoms with Crippen molar-refractivity contribution in [3.8, 4) is 0 Å². The van der Waals surface area contributed by atoms with E-state index in [2.05, 4.69) is 12.2 Å². The van der Waals surface area contributed by atoms with Crippen LogP contribution in [0.2, 0.25) is 0 Å². The fourth-order valence-electron chi connectivity index (χ4n) is 3.01. The number of rotatable bonds is 7. The van der Waals surface area contributed by atoms with E-state index in [1.165, 1.54) is 0 Å². The van der Waals surface area contributed by atoms with Gasteiger partial charge in [0.1, 0.15) is 0 Å². The second-order valence-electron chi connectivity index (χ2n) is 6.29. The maximum Gasteiger partial charge on any atom is 0.336 e. The highest BCUT2D eigenvalue weighted by Gasteiger charge is 2.12. The lowest BCUT2D eigenvalue weighted by atomic mass is 10.1. The molecule has 0 fully saturated rings. The molecule has 1 amide bonds. The van der Waals surface area contributed by atoms with E-state index in [1.807, 2.05) is 47.2 Å². The van der Waals surface area contributed by atoms with Crippen molar-refractivity contribution in [1.82, 2.24) is 9.88 Å². The molecule has 0 unspecified atom stereocenters. The molecule has 0 radical (unpaired) electrons. The molecule has 0 aliphatic heterocycles. The Hall–Kier alpha value is -3.08. The van der Waals surface area contributed by atoms with Gasteiger partial charge in [0.2, 0.25) is 0 Å². The van der Waals surface area contributed by atoms with Crippen LogP contribution in [0.25, 0.3) is 10.9 Å². The van der Waals surface area contributed by atoms with Gasteiger partial charge < -0.3 is 15.0 Å². The van der Waals surface area contributed by atoms with E-state index in [0.717, 1.165) is 29.3 Å². The fourth-order valence-corrected chi connectivity index (χ4v) is 3.01. The van der Waals surface area contributed by atoms with Crippen molar-refractivity contribution in [2.24, 2.45) is 0 Å². The monoisotopic (exact) mass is 350 g/mol. The molecule has 5 nitrogen and oxygen atoms in total. The number of carbonyl (C=O) groups excluding carboxylic acids is 1. The van der Waals surface area contributed by atoms with Crippen LogP contribution in [0, 0.1) is 0 Å². The normalized spacial score (nSPS) is 10.8. The number of fused-ring (bicyclic) bond motifs is 1. The van der Waals surface area contributed by atoms with Crippen molar-refractivity contribution in [3.63, 3.8) is 0 Å². The number of carbonyl (C=O) groups is 2. The molecule has 26 heavy (non-hydrogen) atoms. The largest absolute Gasteiger partial charge is 0.478 e. The number of nitrogens with one attached hydrogen (secondary N) is 1. The summed E-state index contributed by atoms with van der Waals surface area (Å²) in [5.41, 5.74) is 2.66. The topological polar surface area (TPSA) is 71.3 Å². The number of carboxylic acid groups (broad SMARTS) is 1. The molecule has 0 aliphatic carbocycles. The summed E-state index contributed by atoms with van der Waals surface area (Å²) in [5, 5.41) is 13.2. The van der Waals surface area contributed by atoms with Gasteiger partial charge in [0.25, 0.3) is 5.91 Å². The number of hydrogen-bond donors (Lipinski definition) is 2. The molecule has 1 heterocycles. The molecule has 3 aromatic rings. The second kappa shape index (κ2) is 7.87. The van der Waals surface area contributed by atoms with E-state index in [0.29, 0.717) is 24.2 Å². The molecule has 5 heteroatoms. The summed E-state index contributed by atoms with van der Waals surface area (Å²) in [6, 6.07) is 14.5. The molecule has 1 aromatic heterocycles. The standard InChI is InChI=1S/C21H22N2O3/c1-2-3-11-22-20(24)16-8-9-19-15(13-16)10-12-23(19)14-17-6-4-5-7-18(17)21(25)26/h4-10,12-13H,2-3,11,14H2,1H3,(H,22,24)(H,25,26). The lowest BCUT2D eigenvalue weighted by Crippen LogP contribution is -2.24. The van der Waals surface area contributed by atoms with Gasteiger partial charge in [0.15, 0.2) is 0 Å². The Morgan fingerprint density at radius 3 is 2.69 bits per heavy atom. The molecular formula is C21H22N2O3. The van der Waals surface area contributed by atoms with Crippen LogP contribution in [0.5, 0.6) is 0 Å². The summed E-state index contributed by atoms with van der Waals surface area (Å²) < 4.78 is 2.00. The third kappa shape index (κ3) is 3.77. The molecular weight excluding hydrogens is 328 g/mol. The number of hydrogen-bond acceptors (Lipinski definition) is 2. The first-order chi connectivity index (χ1) is 12.6. The molecule has 0 bridgehead atoms. The molecule has 134 valence electrons. The van der Waals surface area contributed by atoms with Crippen molar-refractivity contribution < 1.29 is 14.7 Å². The van der Waals surface area contributed by atoms with E-state index in [9.17, 15) is 14.7 Å². The van der Waals surface area contributed by atoms with Gasteiger partial charge >= 0.3 is 5.97 Å². The predicted octanol–water partition coefficient (Wildman–Crippen LogP) is 3.92. The number of benzene rings is 2. The number of nitrogens with zero attached hydrogens (tertiary/aromatic N) is 1. The summed E-state index contributed by atoms with van der Waals surface area (Å²) in [5.74, 6) is -0.993. The summed E-state index contributed by atoms with van der Waals surface area (Å²) in [6.45, 7) is 3.23. The average molecular weight is 350 g/mol. The first kappa shape index (κ1) is 17.7. The van der Waals surface area contributed by atoms with E-state index in [1.54, 1.807) is 12.1 Å². The minimum Gasteiger partial charge on any atom is -0.478 e. The highest BCUT2D eigenvalue weighted by Crippen LogP contribution is 2.20. The maximum absolute atomic E-state index is 12.2. The van der Waals surface area contributed by atoms with Crippen molar-refractivity contribution >= 4 is 22.8 Å². The Morgan fingerprint density at radius 1 is 1.12 bits per heavy atom. The summed E-state index contributed by atoms with van der Waals surface area (Å²) >= 11 is 0. The number of aromatic carboxylic acids is 1. The average Bonchev–Trinajstić information content (AvgIpc) is 3.04. The van der Waals surface area contributed by atoms with Crippen molar-refractivity contribution in [2.75, 3.05) is 6.54 Å². The molecule has 3 rings (SSSR count). The van der Waals surface area contributed by atoms with Gasteiger partial charge in [-0.1, -0.05) is 31.5 Å². The van der Waals surface area contributed by atoms with Crippen LogP contribution >= 0.6 is 0 Å². The van der Waals surface area contributed by atoms with Gasteiger partial charge in [-0.05, 0) is 42.3 Å². The van der Waals surface area contributed by atoms with Crippen molar-refractivity contribution in [1.29, 1.82) is 0 Å². The first-order valence-electron chi connectivity index (χ1n) is 8.78. The minimum absolute atomic E-state index is 0.0654. The highest BCUT2D eigenvalue weighted by atomic mass is 16.4. The Bertz CT molecular complexity index is 943. The van der Waals surface area contributed by atoms with Crippen LogP contribution in [-0.4, -0.2) is 28.1 Å². The molecule has 0 spiro atoms. The van der Waals surface area contributed by atoms with E-state index in [-0.39, 0.29) is 5.91 Å². The zero-order valence-corrected chi connectivity index (χ0v) is 14.7. The lowest BCUT2D eigenvalue weighted by molar-refractivity contribution is 0.0695. The van der Waals surface area contributed by atoms with Crippen molar-refractivity contribution in [2.45, 2.75) is 26.3 Å². The SMILES string of the molecule is CCCCNC(=O)c1ccc2c(ccn2Cc2ccccc2C(=O)O)c1. The van der Waals surface area contributed by atoms with Gasteiger partial charge in [-0.15, -0.1) is 0 Å². The number of carboxylic acids is 1. The molecule has 0 saturated carbocycles. The molecule has 2 aromatic carbocycles. The zero-order valence-electron chi connectivity index (χ0n) is 14.7. The lowest BCUT2D eigenvalue weighted by Gasteiger charge is -2.09. The Labute approximate surface area is 152 Å². The van der Waals surface area contributed by atoms with Crippen LogP contribution < -0.4 is 5.32 Å². The van der Waals surface area contributed by atoms with Crippen LogP contribution in [-0.2, 0) is 6.54 Å². The van der Waals surface area contributed by atoms with Crippen molar-refractivity contribution in [3.05, 3.63) is 71.4 Å². The maximum atomic E-state index is 12.2. The quantitative estimate of drug-likeness (QED) is 0.635. The second-order valence-corrected chi connectivity index (χ2v) is 6.29. The third-order valence-electron chi connectivity index (χ3n) is 4.44. The van der Waals surface area contributed by atoms with Crippen LogP contribution in [0.3, 0.4) is 0 Å². The van der Waals surface area contributed by atoms with E-state index >= 15 is 0 Å². The van der Waals surface area contributed by atoms with Crippen LogP contribution in [0.1, 0.15) is 46.0 Å². The van der Waals surface area contributed by atoms with Crippen LogP contribution in [0.15, 0.2) is 54.7 Å². The molecule has 0 atom stereocenters. The molecule has 0 saturated heterocycles. The summed E-state index contributed by atoms with van der Waals surface area (Å²) in [7, 11) is 0. The number of aromatic nitrogens is 1. The Balaban J connectivity index is 1.84. The van der Waals surface area contributed by atoms with E-state index in [4.69, 9.17) is 0 Å². The highest BCUT2D eigenvalue weighted by molar-refractivity contribution is 5.98. The van der Waals surface area contributed by atoms with Gasteiger partial charge in [-0.25, -0.2) is 4.79 Å². The summed E-state index contributed by atoms with van der Waals surface area (Å²) in [4.78, 5) is 23.6. The zero-order chi connectivity index (χ0) is 18.5. The third-order valence-corrected chi connectivity index (χ3v) is 4.44. The van der Waals surface area contributed by atoms with Gasteiger partial charge in [0, 0.05) is 35.8 Å².